The fourth-order valence-electron chi connectivity index (χ4n) is 7.40. The average molecular weight is 1020 g/mol. The molecule has 414 valence electrons. The highest BCUT2D eigenvalue weighted by Crippen LogP contribution is 2.13. The van der Waals surface area contributed by atoms with E-state index >= 15 is 0 Å². The summed E-state index contributed by atoms with van der Waals surface area (Å²) in [7, 11) is 0. The molecule has 0 aromatic heterocycles. The van der Waals surface area contributed by atoms with Crippen molar-refractivity contribution in [3.05, 3.63) is 158 Å². The number of rotatable bonds is 51. The summed E-state index contributed by atoms with van der Waals surface area (Å²) in [5.41, 5.74) is 0. The van der Waals surface area contributed by atoms with E-state index in [1.807, 2.05) is 0 Å². The van der Waals surface area contributed by atoms with Crippen LogP contribution in [0.5, 0.6) is 0 Å². The molecular formula is C68H106O6. The third kappa shape index (κ3) is 57.9. The lowest BCUT2D eigenvalue weighted by atomic mass is 10.1. The van der Waals surface area contributed by atoms with Gasteiger partial charge in [-0.3, -0.25) is 14.4 Å². The number of allylic oxidation sites excluding steroid dienone is 26. The monoisotopic (exact) mass is 1020 g/mol. The maximum Gasteiger partial charge on any atom is 0.306 e. The minimum Gasteiger partial charge on any atom is -0.462 e. The lowest BCUT2D eigenvalue weighted by molar-refractivity contribution is -0.167. The molecule has 74 heavy (non-hydrogen) atoms. The van der Waals surface area contributed by atoms with Crippen LogP contribution in [-0.4, -0.2) is 37.2 Å². The highest BCUT2D eigenvalue weighted by molar-refractivity contribution is 5.71. The smallest absolute Gasteiger partial charge is 0.306 e. The lowest BCUT2D eigenvalue weighted by Gasteiger charge is -2.18. The number of hydrogen-bond acceptors (Lipinski definition) is 6. The summed E-state index contributed by atoms with van der Waals surface area (Å²) in [6.45, 7) is 6.27. The Labute approximate surface area is 454 Å². The number of unbranched alkanes of at least 4 members (excludes halogenated alkanes) is 14. The molecule has 0 rings (SSSR count). The van der Waals surface area contributed by atoms with Gasteiger partial charge >= 0.3 is 17.9 Å². The third-order valence-electron chi connectivity index (χ3n) is 11.7. The van der Waals surface area contributed by atoms with Gasteiger partial charge in [0.25, 0.3) is 0 Å². The number of carbonyl (C=O) groups is 3. The maximum absolute atomic E-state index is 12.9. The molecule has 0 heterocycles. The maximum atomic E-state index is 12.9. The van der Waals surface area contributed by atoms with E-state index in [0.717, 1.165) is 154 Å². The van der Waals surface area contributed by atoms with Crippen LogP contribution < -0.4 is 0 Å². The van der Waals surface area contributed by atoms with Crippen LogP contribution in [0.15, 0.2) is 158 Å². The van der Waals surface area contributed by atoms with Crippen molar-refractivity contribution in [1.82, 2.24) is 0 Å². The lowest BCUT2D eigenvalue weighted by Crippen LogP contribution is -2.30. The van der Waals surface area contributed by atoms with Gasteiger partial charge in [0, 0.05) is 19.3 Å². The summed E-state index contributed by atoms with van der Waals surface area (Å²) < 4.78 is 16.8. The van der Waals surface area contributed by atoms with Gasteiger partial charge in [-0.15, -0.1) is 0 Å². The third-order valence-corrected chi connectivity index (χ3v) is 11.7. The van der Waals surface area contributed by atoms with Gasteiger partial charge in [-0.1, -0.05) is 237 Å². The normalized spacial score (nSPS) is 13.3. The standard InChI is InChI=1S/C68H106O6/c1-4-7-10-13-16-19-22-24-26-28-30-32-34-36-38-40-42-44-46-49-52-55-58-61-67(70)73-64-65(63-72-66(69)60-57-54-51-48-21-18-15-12-9-6-3)74-68(71)62-59-56-53-50-47-45-43-41-39-37-35-33-31-29-27-25-23-20-17-14-11-8-5-2/h7-8,10-12,15-17,19-20,24-27,30-33,36-39,42,44,49,52,65H,4-6,9,13-14,18,21-23,28-29,34-35,40-41,43,45-48,50-51,53-64H2,1-3H3/b10-7-,11-8-,15-12-,19-16-,20-17-,26-24-,27-25-,32-30-,33-31-,38-36-,39-37-,44-42-,52-49-. The second kappa shape index (κ2) is 60.6. The van der Waals surface area contributed by atoms with Crippen LogP contribution in [0.3, 0.4) is 0 Å². The van der Waals surface area contributed by atoms with Crippen LogP contribution in [0.1, 0.15) is 233 Å². The first-order valence-corrected chi connectivity index (χ1v) is 29.5. The summed E-state index contributed by atoms with van der Waals surface area (Å²) in [6, 6.07) is 0. The zero-order valence-corrected chi connectivity index (χ0v) is 47.3. The van der Waals surface area contributed by atoms with E-state index in [-0.39, 0.29) is 37.5 Å². The summed E-state index contributed by atoms with van der Waals surface area (Å²) in [4.78, 5) is 38.1. The van der Waals surface area contributed by atoms with Gasteiger partial charge in [-0.05, 0) is 135 Å². The minimum atomic E-state index is -0.819. The highest BCUT2D eigenvalue weighted by Gasteiger charge is 2.19. The van der Waals surface area contributed by atoms with Crippen molar-refractivity contribution in [2.45, 2.75) is 239 Å². The summed E-state index contributed by atoms with van der Waals surface area (Å²) in [5.74, 6) is -1.00. The molecule has 6 nitrogen and oxygen atoms in total. The van der Waals surface area contributed by atoms with E-state index in [0.29, 0.717) is 19.3 Å². The molecule has 0 aliphatic carbocycles. The Hall–Kier alpha value is -4.97. The van der Waals surface area contributed by atoms with Crippen molar-refractivity contribution >= 4 is 17.9 Å². The zero-order chi connectivity index (χ0) is 53.6. The Balaban J connectivity index is 4.46. The molecule has 0 fully saturated rings. The molecule has 0 spiro atoms. The number of carbonyl (C=O) groups excluding carboxylic acids is 3. The molecule has 1 unspecified atom stereocenters. The largest absolute Gasteiger partial charge is 0.462 e. The molecule has 0 saturated heterocycles. The Morgan fingerprint density at radius 2 is 0.541 bits per heavy atom. The van der Waals surface area contributed by atoms with Crippen LogP contribution in [0.2, 0.25) is 0 Å². The molecule has 0 aliphatic heterocycles. The van der Waals surface area contributed by atoms with Crippen LogP contribution in [-0.2, 0) is 28.6 Å². The van der Waals surface area contributed by atoms with Gasteiger partial charge < -0.3 is 14.2 Å². The SMILES string of the molecule is CC/C=C\C/C=C\C/C=C\C/C=C\C/C=C\C/C=C\C/C=C\CCCC(=O)OCC(COC(=O)CCCCCCC/C=C\CCC)OC(=O)CCCCCCCCC/C=C\C/C=C\C/C=C\C/C=C\C/C=C\CC. The Bertz CT molecular complexity index is 1690. The summed E-state index contributed by atoms with van der Waals surface area (Å²) in [6.07, 6.45) is 88.2. The predicted octanol–water partition coefficient (Wildman–Crippen LogP) is 20.1. The zero-order valence-electron chi connectivity index (χ0n) is 47.3. The fourth-order valence-corrected chi connectivity index (χ4v) is 7.40. The van der Waals surface area contributed by atoms with E-state index in [2.05, 4.69) is 179 Å². The number of ether oxygens (including phenoxy) is 3. The van der Waals surface area contributed by atoms with Crippen LogP contribution >= 0.6 is 0 Å². The minimum absolute atomic E-state index is 0.112. The molecule has 0 amide bonds. The van der Waals surface area contributed by atoms with E-state index < -0.39 is 6.10 Å². The average Bonchev–Trinajstić information content (AvgIpc) is 3.40. The molecule has 0 aromatic carbocycles. The molecular weight excluding hydrogens is 913 g/mol. The molecule has 6 heteroatoms. The van der Waals surface area contributed by atoms with E-state index in [1.165, 1.54) is 32.1 Å². The van der Waals surface area contributed by atoms with Crippen LogP contribution in [0.4, 0.5) is 0 Å². The van der Waals surface area contributed by atoms with Crippen molar-refractivity contribution in [2.24, 2.45) is 0 Å². The first-order chi connectivity index (χ1) is 36.5. The van der Waals surface area contributed by atoms with Crippen molar-refractivity contribution in [3.8, 4) is 0 Å². The van der Waals surface area contributed by atoms with Crippen molar-refractivity contribution < 1.29 is 28.6 Å². The Kier molecular flexibility index (Phi) is 56.5. The topological polar surface area (TPSA) is 78.9 Å². The second-order valence-electron chi connectivity index (χ2n) is 18.8. The summed E-state index contributed by atoms with van der Waals surface area (Å²) >= 11 is 0. The first-order valence-electron chi connectivity index (χ1n) is 29.5. The summed E-state index contributed by atoms with van der Waals surface area (Å²) in [5, 5.41) is 0. The molecule has 0 aromatic rings. The van der Waals surface area contributed by atoms with Gasteiger partial charge in [0.15, 0.2) is 6.10 Å². The molecule has 0 radical (unpaired) electrons. The molecule has 0 bridgehead atoms. The second-order valence-corrected chi connectivity index (χ2v) is 18.8. The fraction of sp³-hybridized carbons (Fsp3) is 0.574. The van der Waals surface area contributed by atoms with Crippen molar-refractivity contribution in [1.29, 1.82) is 0 Å². The predicted molar refractivity (Wildman–Crippen MR) is 320 cm³/mol. The molecule has 0 aliphatic rings. The van der Waals surface area contributed by atoms with Gasteiger partial charge in [-0.2, -0.15) is 0 Å². The molecule has 0 N–H and O–H groups in total. The first kappa shape index (κ1) is 69.0. The van der Waals surface area contributed by atoms with Crippen LogP contribution in [0.25, 0.3) is 0 Å². The van der Waals surface area contributed by atoms with Gasteiger partial charge in [0.1, 0.15) is 13.2 Å². The Morgan fingerprint density at radius 1 is 0.284 bits per heavy atom. The van der Waals surface area contributed by atoms with E-state index in [1.54, 1.807) is 0 Å². The molecule has 1 atom stereocenters. The van der Waals surface area contributed by atoms with E-state index in [9.17, 15) is 14.4 Å². The quantitative estimate of drug-likeness (QED) is 0.0261. The molecule has 0 saturated carbocycles. The number of esters is 3. The van der Waals surface area contributed by atoms with Crippen LogP contribution in [0, 0.1) is 0 Å². The highest BCUT2D eigenvalue weighted by atomic mass is 16.6. The van der Waals surface area contributed by atoms with Crippen molar-refractivity contribution in [2.75, 3.05) is 13.2 Å². The Morgan fingerprint density at radius 3 is 0.892 bits per heavy atom. The van der Waals surface area contributed by atoms with Gasteiger partial charge in [0.2, 0.25) is 0 Å². The van der Waals surface area contributed by atoms with Gasteiger partial charge in [-0.25, -0.2) is 0 Å². The van der Waals surface area contributed by atoms with E-state index in [4.69, 9.17) is 14.2 Å². The van der Waals surface area contributed by atoms with Crippen molar-refractivity contribution in [3.63, 3.8) is 0 Å². The van der Waals surface area contributed by atoms with Gasteiger partial charge in [0.05, 0.1) is 0 Å². The number of hydrogen-bond donors (Lipinski definition) is 0.